The number of likely N-dealkylation sites (tertiary alicyclic amines) is 1. The quantitative estimate of drug-likeness (QED) is 0.827. The number of hydrogen-bond acceptors (Lipinski definition) is 1. The number of halogens is 3. The molecule has 1 aliphatic heterocycles. The molecule has 104 valence electrons. The standard InChI is InChI=1S/C13H15F3N2O/c14-13(15,16)12(19)17-11-6-7-18(9-11)8-10-4-2-1-3-5-10/h1-5,11H,6-9H2,(H,17,19)/p+1/t11-/m1/s1. The van der Waals surface area contributed by atoms with Crippen LogP contribution in [-0.2, 0) is 11.3 Å². The summed E-state index contributed by atoms with van der Waals surface area (Å²) >= 11 is 0. The fraction of sp³-hybridized carbons (Fsp3) is 0.462. The number of rotatable bonds is 3. The molecule has 19 heavy (non-hydrogen) atoms. The predicted octanol–water partition coefficient (Wildman–Crippen LogP) is 0.522. The maximum Gasteiger partial charge on any atom is 0.471 e. The largest absolute Gasteiger partial charge is 0.471 e. The molecule has 0 aromatic heterocycles. The molecule has 2 atom stereocenters. The van der Waals surface area contributed by atoms with Gasteiger partial charge in [0, 0.05) is 12.0 Å². The van der Waals surface area contributed by atoms with E-state index >= 15 is 0 Å². The molecule has 0 radical (unpaired) electrons. The highest BCUT2D eigenvalue weighted by Gasteiger charge is 2.41. The number of alkyl halides is 3. The van der Waals surface area contributed by atoms with Gasteiger partial charge < -0.3 is 10.2 Å². The van der Waals surface area contributed by atoms with E-state index < -0.39 is 12.1 Å². The fourth-order valence-electron chi connectivity index (χ4n) is 2.37. The lowest BCUT2D eigenvalue weighted by Crippen LogP contribution is -3.09. The fourth-order valence-corrected chi connectivity index (χ4v) is 2.37. The molecule has 2 rings (SSSR count). The summed E-state index contributed by atoms with van der Waals surface area (Å²) in [5.74, 6) is -1.83. The van der Waals surface area contributed by atoms with Crippen LogP contribution in [0.5, 0.6) is 0 Å². The van der Waals surface area contributed by atoms with Crippen LogP contribution in [0.4, 0.5) is 13.2 Å². The molecule has 1 amide bonds. The zero-order valence-electron chi connectivity index (χ0n) is 10.3. The third kappa shape index (κ3) is 3.96. The number of hydrogen-bond donors (Lipinski definition) is 2. The Morgan fingerprint density at radius 3 is 2.63 bits per heavy atom. The maximum atomic E-state index is 12.1. The molecule has 0 bridgehead atoms. The van der Waals surface area contributed by atoms with Crippen molar-refractivity contribution in [3.8, 4) is 0 Å². The van der Waals surface area contributed by atoms with Gasteiger partial charge >= 0.3 is 12.1 Å². The SMILES string of the molecule is O=C(N[C@@H]1CC[NH+](Cc2ccccc2)C1)C(F)(F)F. The van der Waals surface area contributed by atoms with E-state index in [1.807, 2.05) is 35.6 Å². The molecule has 1 aromatic carbocycles. The second kappa shape index (κ2) is 5.61. The van der Waals surface area contributed by atoms with E-state index in [9.17, 15) is 18.0 Å². The number of carbonyl (C=O) groups is 1. The number of nitrogens with one attached hydrogen (secondary N) is 2. The van der Waals surface area contributed by atoms with E-state index in [2.05, 4.69) is 0 Å². The summed E-state index contributed by atoms with van der Waals surface area (Å²) < 4.78 is 36.4. The molecule has 1 heterocycles. The monoisotopic (exact) mass is 273 g/mol. The Bertz CT molecular complexity index is 433. The van der Waals surface area contributed by atoms with Gasteiger partial charge in [0.25, 0.3) is 0 Å². The van der Waals surface area contributed by atoms with E-state index in [1.54, 1.807) is 0 Å². The lowest BCUT2D eigenvalue weighted by molar-refractivity contribution is -0.901. The zero-order valence-corrected chi connectivity index (χ0v) is 10.3. The molecule has 1 saturated heterocycles. The summed E-state index contributed by atoms with van der Waals surface area (Å²) in [5.41, 5.74) is 1.15. The highest BCUT2D eigenvalue weighted by molar-refractivity contribution is 5.81. The minimum atomic E-state index is -4.79. The molecular formula is C13H16F3N2O+. The first kappa shape index (κ1) is 13.9. The molecule has 3 nitrogen and oxygen atoms in total. The van der Waals surface area contributed by atoms with Crippen molar-refractivity contribution in [2.24, 2.45) is 0 Å². The van der Waals surface area contributed by atoms with Crippen LogP contribution in [-0.4, -0.2) is 31.2 Å². The van der Waals surface area contributed by atoms with Crippen LogP contribution in [0.2, 0.25) is 0 Å². The molecule has 0 spiro atoms. The Hall–Kier alpha value is -1.56. The van der Waals surface area contributed by atoms with E-state index in [0.717, 1.165) is 18.7 Å². The van der Waals surface area contributed by atoms with Crippen LogP contribution in [0, 0.1) is 0 Å². The smallest absolute Gasteiger partial charge is 0.340 e. The van der Waals surface area contributed by atoms with Crippen LogP contribution in [0.1, 0.15) is 12.0 Å². The average Bonchev–Trinajstić information content (AvgIpc) is 2.76. The van der Waals surface area contributed by atoms with Gasteiger partial charge in [-0.2, -0.15) is 13.2 Å². The van der Waals surface area contributed by atoms with Crippen LogP contribution < -0.4 is 10.2 Å². The van der Waals surface area contributed by atoms with Gasteiger partial charge in [0.1, 0.15) is 6.54 Å². The van der Waals surface area contributed by atoms with Crippen LogP contribution in [0.15, 0.2) is 30.3 Å². The van der Waals surface area contributed by atoms with Crippen molar-refractivity contribution in [2.45, 2.75) is 25.2 Å². The maximum absolute atomic E-state index is 12.1. The molecule has 2 N–H and O–H groups in total. The van der Waals surface area contributed by atoms with E-state index in [1.165, 1.54) is 4.90 Å². The van der Waals surface area contributed by atoms with Gasteiger partial charge in [0.15, 0.2) is 0 Å². The second-order valence-electron chi connectivity index (χ2n) is 4.82. The van der Waals surface area contributed by atoms with Crippen molar-refractivity contribution in [1.82, 2.24) is 5.32 Å². The lowest BCUT2D eigenvalue weighted by atomic mass is 10.2. The van der Waals surface area contributed by atoms with Crippen molar-refractivity contribution in [1.29, 1.82) is 0 Å². The summed E-state index contributed by atoms with van der Waals surface area (Å²) in [6, 6.07) is 9.41. The Morgan fingerprint density at radius 2 is 2.00 bits per heavy atom. The summed E-state index contributed by atoms with van der Waals surface area (Å²) in [5, 5.41) is 2.05. The zero-order chi connectivity index (χ0) is 13.9. The molecule has 0 aliphatic carbocycles. The van der Waals surface area contributed by atoms with Gasteiger partial charge in [-0.25, -0.2) is 0 Å². The summed E-state index contributed by atoms with van der Waals surface area (Å²) in [4.78, 5) is 12.0. The molecule has 6 heteroatoms. The van der Waals surface area contributed by atoms with Gasteiger partial charge in [-0.05, 0) is 0 Å². The van der Waals surface area contributed by atoms with E-state index in [0.29, 0.717) is 13.0 Å². The predicted molar refractivity (Wildman–Crippen MR) is 63.4 cm³/mol. The summed E-state index contributed by atoms with van der Waals surface area (Å²) in [6.45, 7) is 2.09. The van der Waals surface area contributed by atoms with Gasteiger partial charge in [-0.3, -0.25) is 4.79 Å². The first-order valence-electron chi connectivity index (χ1n) is 6.20. The molecule has 1 aromatic rings. The molecule has 1 aliphatic rings. The van der Waals surface area contributed by atoms with Crippen LogP contribution in [0.25, 0.3) is 0 Å². The third-order valence-corrected chi connectivity index (χ3v) is 3.27. The molecular weight excluding hydrogens is 257 g/mol. The van der Waals surface area contributed by atoms with Crippen molar-refractivity contribution < 1.29 is 22.9 Å². The van der Waals surface area contributed by atoms with Gasteiger partial charge in [0.05, 0.1) is 19.1 Å². The first-order valence-corrected chi connectivity index (χ1v) is 6.20. The Labute approximate surface area is 109 Å². The van der Waals surface area contributed by atoms with Crippen molar-refractivity contribution in [3.63, 3.8) is 0 Å². The highest BCUT2D eigenvalue weighted by atomic mass is 19.4. The first-order chi connectivity index (χ1) is 8.95. The number of benzene rings is 1. The minimum Gasteiger partial charge on any atom is -0.340 e. The summed E-state index contributed by atoms with van der Waals surface area (Å²) in [7, 11) is 0. The Morgan fingerprint density at radius 1 is 1.32 bits per heavy atom. The molecule has 1 fully saturated rings. The Balaban J connectivity index is 1.82. The van der Waals surface area contributed by atoms with Crippen molar-refractivity contribution in [2.75, 3.05) is 13.1 Å². The highest BCUT2D eigenvalue weighted by Crippen LogP contribution is 2.14. The minimum absolute atomic E-state index is 0.382. The molecule has 1 unspecified atom stereocenters. The topological polar surface area (TPSA) is 33.5 Å². The second-order valence-corrected chi connectivity index (χ2v) is 4.82. The summed E-state index contributed by atoms with van der Waals surface area (Å²) in [6.07, 6.45) is -4.20. The van der Waals surface area contributed by atoms with Crippen LogP contribution in [0.3, 0.4) is 0 Å². The van der Waals surface area contributed by atoms with Crippen LogP contribution >= 0.6 is 0 Å². The van der Waals surface area contributed by atoms with E-state index in [4.69, 9.17) is 0 Å². The molecule has 0 saturated carbocycles. The lowest BCUT2D eigenvalue weighted by Gasteiger charge is -2.15. The number of amides is 1. The third-order valence-electron chi connectivity index (χ3n) is 3.27. The van der Waals surface area contributed by atoms with E-state index in [-0.39, 0.29) is 6.04 Å². The number of carbonyl (C=O) groups excluding carboxylic acids is 1. The van der Waals surface area contributed by atoms with Crippen molar-refractivity contribution >= 4 is 5.91 Å². The average molecular weight is 273 g/mol. The number of quaternary nitrogens is 1. The normalized spacial score (nSPS) is 23.3. The van der Waals surface area contributed by atoms with Crippen molar-refractivity contribution in [3.05, 3.63) is 35.9 Å². The van der Waals surface area contributed by atoms with Gasteiger partial charge in [-0.15, -0.1) is 0 Å². The van der Waals surface area contributed by atoms with Gasteiger partial charge in [0.2, 0.25) is 0 Å². The Kier molecular flexibility index (Phi) is 4.09. The van der Waals surface area contributed by atoms with Gasteiger partial charge in [-0.1, -0.05) is 30.3 Å².